The van der Waals surface area contributed by atoms with Gasteiger partial charge in [0.05, 0.1) is 0 Å². The molecule has 0 saturated heterocycles. The maximum atomic E-state index is 11.0. The summed E-state index contributed by atoms with van der Waals surface area (Å²) in [6, 6.07) is 3.42. The molecule has 0 aliphatic carbocycles. The van der Waals surface area contributed by atoms with Crippen molar-refractivity contribution < 1.29 is 9.53 Å². The molecule has 1 amide bonds. The molecule has 0 aliphatic rings. The second kappa shape index (κ2) is 4.31. The van der Waals surface area contributed by atoms with Crippen LogP contribution in [-0.4, -0.2) is 29.5 Å². The fourth-order valence-corrected chi connectivity index (χ4v) is 1.80. The average Bonchev–Trinajstić information content (AvgIpc) is 2.65. The third-order valence-electron chi connectivity index (χ3n) is 1.88. The first-order chi connectivity index (χ1) is 7.69. The molecular weight excluding hydrogens is 228 g/mol. The van der Waals surface area contributed by atoms with E-state index in [1.54, 1.807) is 19.2 Å². The molecule has 84 valence electrons. The number of anilines is 1. The molecule has 0 spiro atoms. The number of likely N-dealkylation sites (N-methyl/N-ethyl adjacent to an activating group) is 1. The van der Waals surface area contributed by atoms with Crippen LogP contribution < -0.4 is 15.8 Å². The number of carbonyl (C=O) groups excluding carboxylic acids is 1. The Kier molecular flexibility index (Phi) is 2.86. The summed E-state index contributed by atoms with van der Waals surface area (Å²) in [4.78, 5) is 19.9. The molecule has 0 unspecified atom stereocenters. The molecule has 3 N–H and O–H groups in total. The van der Waals surface area contributed by atoms with Crippen molar-refractivity contribution in [3.63, 3.8) is 0 Å². The van der Waals surface area contributed by atoms with Crippen molar-refractivity contribution in [2.75, 3.05) is 19.4 Å². The van der Waals surface area contributed by atoms with Crippen LogP contribution >= 0.6 is 11.3 Å². The van der Waals surface area contributed by atoms with Gasteiger partial charge < -0.3 is 15.8 Å². The lowest BCUT2D eigenvalue weighted by Gasteiger charge is -2.02. The van der Waals surface area contributed by atoms with E-state index in [1.807, 2.05) is 0 Å². The molecule has 0 saturated carbocycles. The second-order valence-corrected chi connectivity index (χ2v) is 4.00. The minimum Gasteiger partial charge on any atom is -0.468 e. The number of pyridine rings is 1. The van der Waals surface area contributed by atoms with E-state index in [0.29, 0.717) is 15.8 Å². The summed E-state index contributed by atoms with van der Waals surface area (Å²) < 4.78 is 5.19. The molecule has 0 aromatic carbocycles. The van der Waals surface area contributed by atoms with Gasteiger partial charge in [0.15, 0.2) is 11.7 Å². The number of amides is 1. The van der Waals surface area contributed by atoms with Crippen LogP contribution in [0.5, 0.6) is 5.88 Å². The van der Waals surface area contributed by atoms with Crippen LogP contribution in [0.3, 0.4) is 0 Å². The first-order valence-electron chi connectivity index (χ1n) is 4.55. The fraction of sp³-hybridized carbons (Fsp3) is 0.222. The molecule has 2 aromatic rings. The van der Waals surface area contributed by atoms with Crippen molar-refractivity contribution in [2.24, 2.45) is 0 Å². The van der Waals surface area contributed by atoms with Gasteiger partial charge in [0.1, 0.15) is 10.3 Å². The Balaban J connectivity index is 2.16. The first-order valence-corrected chi connectivity index (χ1v) is 5.37. The lowest BCUT2D eigenvalue weighted by atomic mass is 10.4. The number of nitrogens with one attached hydrogen (secondary N) is 1. The number of thiazole rings is 1. The molecule has 2 heterocycles. The summed E-state index contributed by atoms with van der Waals surface area (Å²) >= 11 is 1.28. The maximum Gasteiger partial charge on any atom is 0.257 e. The van der Waals surface area contributed by atoms with Crippen LogP contribution in [0.4, 0.5) is 5.13 Å². The number of rotatable bonds is 3. The minimum atomic E-state index is -0.203. The van der Waals surface area contributed by atoms with E-state index in [-0.39, 0.29) is 12.5 Å². The Morgan fingerprint density at radius 3 is 3.12 bits per heavy atom. The number of ether oxygens (including phenoxy) is 1. The summed E-state index contributed by atoms with van der Waals surface area (Å²) in [7, 11) is 1.55. The normalized spacial score (nSPS) is 10.3. The predicted octanol–water partition coefficient (Wildman–Crippen LogP) is 0.398. The lowest BCUT2D eigenvalue weighted by Crippen LogP contribution is -2.25. The Morgan fingerprint density at radius 1 is 1.56 bits per heavy atom. The van der Waals surface area contributed by atoms with Crippen LogP contribution in [-0.2, 0) is 4.79 Å². The zero-order valence-electron chi connectivity index (χ0n) is 8.56. The van der Waals surface area contributed by atoms with Crippen LogP contribution in [0, 0.1) is 0 Å². The summed E-state index contributed by atoms with van der Waals surface area (Å²) in [5.41, 5.74) is 6.28. The van der Waals surface area contributed by atoms with Gasteiger partial charge in [0, 0.05) is 13.1 Å². The standard InChI is InChI=1S/C9H10N4O2S/c1-11-6(14)4-15-7-3-2-5-8(13-7)16-9(10)12-5/h2-3H,4H2,1H3,(H2,10,12)(H,11,14). The molecule has 0 radical (unpaired) electrons. The number of nitrogens with two attached hydrogens (primary N) is 1. The van der Waals surface area contributed by atoms with Crippen LogP contribution in [0.2, 0.25) is 0 Å². The number of nitrogens with zero attached hydrogens (tertiary/aromatic N) is 2. The number of nitrogen functional groups attached to an aromatic ring is 1. The Bertz CT molecular complexity index is 525. The van der Waals surface area contributed by atoms with Crippen LogP contribution in [0.15, 0.2) is 12.1 Å². The van der Waals surface area contributed by atoms with Crippen molar-refractivity contribution in [3.8, 4) is 5.88 Å². The second-order valence-electron chi connectivity index (χ2n) is 2.99. The highest BCUT2D eigenvalue weighted by Crippen LogP contribution is 2.23. The van der Waals surface area contributed by atoms with E-state index in [1.165, 1.54) is 11.3 Å². The SMILES string of the molecule is CNC(=O)COc1ccc2nc(N)sc2n1. The average molecular weight is 238 g/mol. The number of hydrogen-bond acceptors (Lipinski definition) is 6. The molecule has 2 aromatic heterocycles. The smallest absolute Gasteiger partial charge is 0.257 e. The van der Waals surface area contributed by atoms with Gasteiger partial charge in [-0.25, -0.2) is 9.97 Å². The van der Waals surface area contributed by atoms with E-state index in [4.69, 9.17) is 10.5 Å². The Hall–Kier alpha value is -1.89. The molecule has 0 bridgehead atoms. The first kappa shape index (κ1) is 10.6. The van der Waals surface area contributed by atoms with Gasteiger partial charge in [-0.2, -0.15) is 0 Å². The van der Waals surface area contributed by atoms with Gasteiger partial charge in [-0.3, -0.25) is 4.79 Å². The summed E-state index contributed by atoms with van der Waals surface area (Å²) in [5, 5.41) is 2.92. The summed E-state index contributed by atoms with van der Waals surface area (Å²) in [6.07, 6.45) is 0. The third-order valence-corrected chi connectivity index (χ3v) is 2.67. The molecule has 0 fully saturated rings. The quantitative estimate of drug-likeness (QED) is 0.807. The molecule has 0 atom stereocenters. The number of aromatic nitrogens is 2. The van der Waals surface area contributed by atoms with Gasteiger partial charge in [-0.05, 0) is 6.07 Å². The Labute approximate surface area is 95.5 Å². The van der Waals surface area contributed by atoms with Crippen molar-refractivity contribution in [1.82, 2.24) is 15.3 Å². The highest BCUT2D eigenvalue weighted by atomic mass is 32.1. The zero-order valence-corrected chi connectivity index (χ0v) is 9.37. The van der Waals surface area contributed by atoms with Gasteiger partial charge in [0.25, 0.3) is 5.91 Å². The molecule has 6 nitrogen and oxygen atoms in total. The number of fused-ring (bicyclic) bond motifs is 1. The predicted molar refractivity (Wildman–Crippen MR) is 61.4 cm³/mol. The zero-order chi connectivity index (χ0) is 11.5. The molecule has 7 heteroatoms. The van der Waals surface area contributed by atoms with Crippen molar-refractivity contribution >= 4 is 32.7 Å². The lowest BCUT2D eigenvalue weighted by molar-refractivity contribution is -0.122. The monoisotopic (exact) mass is 238 g/mol. The Morgan fingerprint density at radius 2 is 2.38 bits per heavy atom. The topological polar surface area (TPSA) is 90.1 Å². The van der Waals surface area contributed by atoms with Gasteiger partial charge in [-0.1, -0.05) is 11.3 Å². The molecular formula is C9H10N4O2S. The van der Waals surface area contributed by atoms with E-state index in [2.05, 4.69) is 15.3 Å². The number of carbonyl (C=O) groups is 1. The third kappa shape index (κ3) is 2.19. The van der Waals surface area contributed by atoms with E-state index < -0.39 is 0 Å². The highest BCUT2D eigenvalue weighted by Gasteiger charge is 2.05. The summed E-state index contributed by atoms with van der Waals surface area (Å²) in [5.74, 6) is 0.186. The van der Waals surface area contributed by atoms with E-state index >= 15 is 0 Å². The van der Waals surface area contributed by atoms with Crippen molar-refractivity contribution in [1.29, 1.82) is 0 Å². The molecule has 0 aliphatic heterocycles. The van der Waals surface area contributed by atoms with Crippen LogP contribution in [0.1, 0.15) is 0 Å². The largest absolute Gasteiger partial charge is 0.468 e. The van der Waals surface area contributed by atoms with Crippen molar-refractivity contribution in [2.45, 2.75) is 0 Å². The van der Waals surface area contributed by atoms with Gasteiger partial charge in [0.2, 0.25) is 5.88 Å². The number of hydrogen-bond donors (Lipinski definition) is 2. The molecule has 2 rings (SSSR count). The van der Waals surface area contributed by atoms with Gasteiger partial charge in [-0.15, -0.1) is 0 Å². The minimum absolute atomic E-state index is 0.0523. The molecule has 16 heavy (non-hydrogen) atoms. The fourth-order valence-electron chi connectivity index (χ4n) is 1.11. The van der Waals surface area contributed by atoms with E-state index in [0.717, 1.165) is 5.52 Å². The van der Waals surface area contributed by atoms with Gasteiger partial charge >= 0.3 is 0 Å². The van der Waals surface area contributed by atoms with Crippen molar-refractivity contribution in [3.05, 3.63) is 12.1 Å². The highest BCUT2D eigenvalue weighted by molar-refractivity contribution is 7.21. The van der Waals surface area contributed by atoms with E-state index in [9.17, 15) is 4.79 Å². The maximum absolute atomic E-state index is 11.0. The van der Waals surface area contributed by atoms with Crippen LogP contribution in [0.25, 0.3) is 10.3 Å². The summed E-state index contributed by atoms with van der Waals surface area (Å²) in [6.45, 7) is -0.0523.